The van der Waals surface area contributed by atoms with Crippen molar-refractivity contribution in [1.82, 2.24) is 15.0 Å². The van der Waals surface area contributed by atoms with Gasteiger partial charge in [0, 0.05) is 16.1 Å². The van der Waals surface area contributed by atoms with Gasteiger partial charge in [0.2, 0.25) is 5.88 Å². The van der Waals surface area contributed by atoms with Crippen LogP contribution in [0.3, 0.4) is 0 Å². The molecule has 0 unspecified atom stereocenters. The minimum absolute atomic E-state index is 0.239. The fourth-order valence-corrected chi connectivity index (χ4v) is 3.84. The summed E-state index contributed by atoms with van der Waals surface area (Å²) in [5, 5.41) is 2.83. The zero-order valence-electron chi connectivity index (χ0n) is 17.4. The molecule has 0 aliphatic heterocycles. The monoisotopic (exact) mass is 498 g/mol. The first-order valence-electron chi connectivity index (χ1n) is 10.2. The minimum Gasteiger partial charge on any atom is -0.435 e. The molecule has 0 spiro atoms. The van der Waals surface area contributed by atoms with Crippen LogP contribution in [0.4, 0.5) is 22.9 Å². The highest BCUT2D eigenvalue weighted by Gasteiger charge is 2.17. The van der Waals surface area contributed by atoms with Crippen LogP contribution in [0.15, 0.2) is 102 Å². The van der Waals surface area contributed by atoms with Crippen molar-refractivity contribution in [3.63, 3.8) is 0 Å². The van der Waals surface area contributed by atoms with E-state index in [-0.39, 0.29) is 11.6 Å². The third-order valence-electron chi connectivity index (χ3n) is 4.98. The number of fused-ring (bicyclic) bond motifs is 1. The van der Waals surface area contributed by atoms with Gasteiger partial charge < -0.3 is 10.5 Å². The number of nitrogens with zero attached hydrogens (tertiary/aromatic N) is 4. The Morgan fingerprint density at radius 1 is 0.788 bits per heavy atom. The van der Waals surface area contributed by atoms with E-state index in [4.69, 9.17) is 10.5 Å². The Hall–Kier alpha value is -4.17. The van der Waals surface area contributed by atoms with Crippen LogP contribution in [0.2, 0.25) is 0 Å². The summed E-state index contributed by atoms with van der Waals surface area (Å²) in [7, 11) is 0. The number of nitrogens with one attached hydrogen (secondary N) is 1. The van der Waals surface area contributed by atoms with Gasteiger partial charge in [-0.2, -0.15) is 4.98 Å². The van der Waals surface area contributed by atoms with Crippen molar-refractivity contribution in [3.8, 4) is 11.6 Å². The van der Waals surface area contributed by atoms with Crippen LogP contribution in [0, 0.1) is 0 Å². The number of hydrogen-bond donors (Lipinski definition) is 2. The molecule has 0 aliphatic carbocycles. The maximum Gasteiger partial charge on any atom is 0.248 e. The maximum atomic E-state index is 6.44. The molecular formula is C25H19BrN6O. The molecule has 0 radical (unpaired) electrons. The summed E-state index contributed by atoms with van der Waals surface area (Å²) in [5.74, 6) is 1.21. The van der Waals surface area contributed by atoms with Gasteiger partial charge in [-0.25, -0.2) is 4.98 Å². The van der Waals surface area contributed by atoms with E-state index in [1.807, 2.05) is 89.9 Å². The van der Waals surface area contributed by atoms with Crippen molar-refractivity contribution < 1.29 is 4.74 Å². The fourth-order valence-electron chi connectivity index (χ4n) is 3.39. The normalized spacial score (nSPS) is 10.7. The van der Waals surface area contributed by atoms with Gasteiger partial charge in [-0.3, -0.25) is 15.4 Å². The summed E-state index contributed by atoms with van der Waals surface area (Å²) in [6.07, 6.45) is 3.13. The fraction of sp³-hybridized carbons (Fsp3) is 0. The molecule has 3 aromatic carbocycles. The molecule has 7 nitrogen and oxygen atoms in total. The molecule has 0 aliphatic rings. The summed E-state index contributed by atoms with van der Waals surface area (Å²) in [5.41, 5.74) is 12.6. The summed E-state index contributed by atoms with van der Waals surface area (Å²) < 4.78 is 7.02. The van der Waals surface area contributed by atoms with Crippen molar-refractivity contribution in [1.29, 1.82) is 0 Å². The second-order valence-electron chi connectivity index (χ2n) is 7.11. The molecule has 0 bridgehead atoms. The lowest BCUT2D eigenvalue weighted by Crippen LogP contribution is -2.25. The number of ether oxygens (including phenoxy) is 1. The van der Waals surface area contributed by atoms with Crippen molar-refractivity contribution in [3.05, 3.63) is 102 Å². The number of hydrazine groups is 1. The number of anilines is 4. The molecular weight excluding hydrogens is 480 g/mol. The van der Waals surface area contributed by atoms with Gasteiger partial charge >= 0.3 is 0 Å². The van der Waals surface area contributed by atoms with Crippen LogP contribution in [-0.2, 0) is 0 Å². The number of nitrogen functional groups attached to an aromatic ring is 1. The molecule has 8 heteroatoms. The first-order valence-corrected chi connectivity index (χ1v) is 11.0. The van der Waals surface area contributed by atoms with E-state index in [2.05, 4.69) is 36.3 Å². The van der Waals surface area contributed by atoms with Crippen LogP contribution < -0.4 is 20.9 Å². The Bertz CT molecular complexity index is 1360. The quantitative estimate of drug-likeness (QED) is 0.264. The molecule has 5 rings (SSSR count). The predicted molar refractivity (Wildman–Crippen MR) is 135 cm³/mol. The molecule has 5 aromatic rings. The van der Waals surface area contributed by atoms with Crippen molar-refractivity contribution >= 4 is 49.7 Å². The third kappa shape index (κ3) is 4.28. The van der Waals surface area contributed by atoms with Gasteiger partial charge in [-0.1, -0.05) is 58.4 Å². The molecule has 0 saturated carbocycles. The molecule has 0 amide bonds. The van der Waals surface area contributed by atoms with Gasteiger partial charge in [-0.05, 0) is 42.5 Å². The molecule has 0 fully saturated rings. The summed E-state index contributed by atoms with van der Waals surface area (Å²) in [6.45, 7) is 0. The van der Waals surface area contributed by atoms with Crippen molar-refractivity contribution in [2.45, 2.75) is 0 Å². The van der Waals surface area contributed by atoms with Gasteiger partial charge in [0.05, 0.1) is 11.4 Å². The van der Waals surface area contributed by atoms with E-state index in [9.17, 15) is 0 Å². The second kappa shape index (κ2) is 9.13. The highest BCUT2D eigenvalue weighted by Crippen LogP contribution is 2.36. The zero-order valence-corrected chi connectivity index (χ0v) is 19.0. The highest BCUT2D eigenvalue weighted by molar-refractivity contribution is 9.10. The molecule has 3 N–H and O–H groups in total. The first-order chi connectivity index (χ1) is 16.2. The van der Waals surface area contributed by atoms with E-state index < -0.39 is 0 Å². The number of para-hydroxylation sites is 2. The van der Waals surface area contributed by atoms with Gasteiger partial charge in [-0.15, -0.1) is 0 Å². The number of rotatable bonds is 6. The van der Waals surface area contributed by atoms with Gasteiger partial charge in [0.15, 0.2) is 11.6 Å². The Morgan fingerprint density at radius 2 is 1.48 bits per heavy atom. The van der Waals surface area contributed by atoms with E-state index in [0.29, 0.717) is 17.1 Å². The predicted octanol–water partition coefficient (Wildman–Crippen LogP) is 6.33. The number of benzene rings is 3. The Labute approximate surface area is 199 Å². The van der Waals surface area contributed by atoms with Crippen LogP contribution in [0.25, 0.3) is 10.9 Å². The number of halogens is 1. The standard InChI is InChI=1S/C25H19BrN6O/c26-20-13-14-21(23-19(20)12-7-15-28-23)33-25-22(27)24(29-16-30-25)31-32(17-8-3-1-4-9-17)18-10-5-2-6-11-18/h1-16H,27H2,(H,29,30,31). The molecule has 33 heavy (non-hydrogen) atoms. The van der Waals surface area contributed by atoms with Gasteiger partial charge in [0.1, 0.15) is 17.5 Å². The Kier molecular flexibility index (Phi) is 5.73. The number of hydrogen-bond acceptors (Lipinski definition) is 7. The molecule has 0 atom stereocenters. The molecule has 162 valence electrons. The lowest BCUT2D eigenvalue weighted by Gasteiger charge is -2.26. The van der Waals surface area contributed by atoms with E-state index in [0.717, 1.165) is 21.2 Å². The minimum atomic E-state index is 0.239. The lowest BCUT2D eigenvalue weighted by atomic mass is 10.2. The molecule has 2 heterocycles. The van der Waals surface area contributed by atoms with Crippen LogP contribution in [-0.4, -0.2) is 15.0 Å². The van der Waals surface area contributed by atoms with Crippen molar-refractivity contribution in [2.24, 2.45) is 0 Å². The van der Waals surface area contributed by atoms with E-state index >= 15 is 0 Å². The van der Waals surface area contributed by atoms with Crippen LogP contribution >= 0.6 is 15.9 Å². The van der Waals surface area contributed by atoms with E-state index in [1.165, 1.54) is 6.33 Å². The summed E-state index contributed by atoms with van der Waals surface area (Å²) in [4.78, 5) is 13.1. The topological polar surface area (TPSA) is 89.2 Å². The third-order valence-corrected chi connectivity index (χ3v) is 5.67. The van der Waals surface area contributed by atoms with E-state index in [1.54, 1.807) is 6.20 Å². The summed E-state index contributed by atoms with van der Waals surface area (Å²) in [6, 6.07) is 27.4. The largest absolute Gasteiger partial charge is 0.435 e. The molecule has 0 saturated heterocycles. The SMILES string of the molecule is Nc1c(NN(c2ccccc2)c2ccccc2)ncnc1Oc1ccc(Br)c2cccnc12. The van der Waals surface area contributed by atoms with Gasteiger partial charge in [0.25, 0.3) is 0 Å². The van der Waals surface area contributed by atoms with Crippen LogP contribution in [0.5, 0.6) is 11.6 Å². The molecule has 2 aromatic heterocycles. The average molecular weight is 499 g/mol. The number of aromatic nitrogens is 3. The smallest absolute Gasteiger partial charge is 0.248 e. The number of nitrogens with two attached hydrogens (primary N) is 1. The Balaban J connectivity index is 1.50. The average Bonchev–Trinajstić information content (AvgIpc) is 2.87. The summed E-state index contributed by atoms with van der Waals surface area (Å²) >= 11 is 3.55. The first kappa shape index (κ1) is 20.7. The lowest BCUT2D eigenvalue weighted by molar-refractivity contribution is 0.468. The van der Waals surface area contributed by atoms with Crippen molar-refractivity contribution in [2.75, 3.05) is 16.2 Å². The maximum absolute atomic E-state index is 6.44. The Morgan fingerprint density at radius 3 is 2.18 bits per heavy atom. The second-order valence-corrected chi connectivity index (χ2v) is 7.96. The zero-order chi connectivity index (χ0) is 22.6. The number of pyridine rings is 1. The van der Waals surface area contributed by atoms with Crippen LogP contribution in [0.1, 0.15) is 0 Å². The highest BCUT2D eigenvalue weighted by atomic mass is 79.9.